The number of β-amino-alcohol motifs (C(OH)–C–C–N with tert-alkyl or cyclic N) is 1. The van der Waals surface area contributed by atoms with Crippen molar-refractivity contribution in [3.05, 3.63) is 0 Å². The minimum atomic E-state index is -0.850. The third-order valence-electron chi connectivity index (χ3n) is 4.49. The molecule has 1 amide bonds. The molecule has 1 aliphatic heterocycles. The summed E-state index contributed by atoms with van der Waals surface area (Å²) in [6, 6.07) is 0. The van der Waals surface area contributed by atoms with E-state index in [1.807, 2.05) is 6.92 Å². The molecule has 5 nitrogen and oxygen atoms in total. The fourth-order valence-electron chi connectivity index (χ4n) is 2.98. The Morgan fingerprint density at radius 3 is 2.22 bits per heavy atom. The van der Waals surface area contributed by atoms with Crippen LogP contribution in [0.25, 0.3) is 0 Å². The van der Waals surface area contributed by atoms with E-state index in [1.165, 1.54) is 0 Å². The number of hydrogen-bond acceptors (Lipinski definition) is 3. The van der Waals surface area contributed by atoms with Gasteiger partial charge in [-0.1, -0.05) is 19.8 Å². The molecule has 2 fully saturated rings. The number of nitrogens with zero attached hydrogens (tertiary/aromatic N) is 1. The van der Waals surface area contributed by atoms with Crippen LogP contribution < -0.4 is 0 Å². The van der Waals surface area contributed by atoms with Crippen molar-refractivity contribution in [2.75, 3.05) is 13.1 Å². The van der Waals surface area contributed by atoms with Crippen LogP contribution in [0.5, 0.6) is 0 Å². The van der Waals surface area contributed by atoms with E-state index >= 15 is 0 Å². The maximum Gasteiger partial charge on any atom is 0.310 e. The summed E-state index contributed by atoms with van der Waals surface area (Å²) in [5.41, 5.74) is -1.60. The van der Waals surface area contributed by atoms with Gasteiger partial charge in [-0.15, -0.1) is 0 Å². The Kier molecular flexibility index (Phi) is 3.36. The highest BCUT2D eigenvalue weighted by atomic mass is 16.4. The molecule has 2 N–H and O–H groups in total. The largest absolute Gasteiger partial charge is 0.481 e. The molecule has 0 unspecified atom stereocenters. The predicted octanol–water partition coefficient (Wildman–Crippen LogP) is 1.00. The Hall–Kier alpha value is -1.10. The summed E-state index contributed by atoms with van der Waals surface area (Å²) in [7, 11) is 0. The molecule has 0 aromatic rings. The van der Waals surface area contributed by atoms with Gasteiger partial charge in [0.1, 0.15) is 0 Å². The van der Waals surface area contributed by atoms with Crippen molar-refractivity contribution in [3.63, 3.8) is 0 Å². The SMILES string of the molecule is CCC1(O)CN(C(=O)CC2(C(=O)O)CCCC2)C1. The second-order valence-electron chi connectivity index (χ2n) is 5.80. The highest BCUT2D eigenvalue weighted by Crippen LogP contribution is 2.42. The third kappa shape index (κ3) is 2.23. The topological polar surface area (TPSA) is 77.8 Å². The fraction of sp³-hybridized carbons (Fsp3) is 0.846. The molecule has 0 aromatic heterocycles. The first-order valence-electron chi connectivity index (χ1n) is 6.64. The van der Waals surface area contributed by atoms with Crippen LogP contribution in [0.15, 0.2) is 0 Å². The Morgan fingerprint density at radius 1 is 1.22 bits per heavy atom. The van der Waals surface area contributed by atoms with Gasteiger partial charge in [0.15, 0.2) is 0 Å². The molecule has 18 heavy (non-hydrogen) atoms. The highest BCUT2D eigenvalue weighted by Gasteiger charge is 2.47. The first kappa shape index (κ1) is 13.3. The number of carboxylic acids is 1. The molecular formula is C13H21NO4. The summed E-state index contributed by atoms with van der Waals surface area (Å²) in [6.45, 7) is 2.58. The monoisotopic (exact) mass is 255 g/mol. The molecule has 102 valence electrons. The normalized spacial score (nSPS) is 24.7. The van der Waals surface area contributed by atoms with Crippen LogP contribution in [0.1, 0.15) is 45.4 Å². The maximum absolute atomic E-state index is 12.0. The van der Waals surface area contributed by atoms with Gasteiger partial charge in [0, 0.05) is 6.42 Å². The molecule has 2 aliphatic rings. The van der Waals surface area contributed by atoms with Crippen LogP contribution in [0.3, 0.4) is 0 Å². The molecule has 0 aromatic carbocycles. The van der Waals surface area contributed by atoms with E-state index in [4.69, 9.17) is 0 Å². The molecule has 5 heteroatoms. The van der Waals surface area contributed by atoms with Gasteiger partial charge in [0.2, 0.25) is 5.91 Å². The molecule has 1 saturated carbocycles. The summed E-state index contributed by atoms with van der Waals surface area (Å²) in [6.07, 6.45) is 3.68. The summed E-state index contributed by atoms with van der Waals surface area (Å²) >= 11 is 0. The average Bonchev–Trinajstić information content (AvgIpc) is 2.74. The summed E-state index contributed by atoms with van der Waals surface area (Å²) in [4.78, 5) is 25.0. The van der Waals surface area contributed by atoms with E-state index < -0.39 is 17.0 Å². The van der Waals surface area contributed by atoms with Crippen LogP contribution in [-0.4, -0.2) is 45.7 Å². The second kappa shape index (κ2) is 4.53. The van der Waals surface area contributed by atoms with E-state index in [9.17, 15) is 19.8 Å². The van der Waals surface area contributed by atoms with E-state index in [-0.39, 0.29) is 12.3 Å². The minimum Gasteiger partial charge on any atom is -0.481 e. The van der Waals surface area contributed by atoms with Gasteiger partial charge in [0.25, 0.3) is 0 Å². The molecule has 0 bridgehead atoms. The standard InChI is InChI=1S/C13H21NO4/c1-2-13(18)8-14(9-13)10(15)7-12(11(16)17)5-3-4-6-12/h18H,2-9H2,1H3,(H,16,17). The molecular weight excluding hydrogens is 234 g/mol. The molecule has 0 atom stereocenters. The number of aliphatic hydroxyl groups is 1. The molecule has 1 heterocycles. The van der Waals surface area contributed by atoms with Gasteiger partial charge in [-0.05, 0) is 19.3 Å². The number of carbonyl (C=O) groups excluding carboxylic acids is 1. The number of carboxylic acid groups (broad SMARTS) is 1. The maximum atomic E-state index is 12.0. The third-order valence-corrected chi connectivity index (χ3v) is 4.49. The van der Waals surface area contributed by atoms with Crippen LogP contribution in [0, 0.1) is 5.41 Å². The number of amides is 1. The van der Waals surface area contributed by atoms with Crippen molar-refractivity contribution in [1.29, 1.82) is 0 Å². The van der Waals surface area contributed by atoms with Crippen LogP contribution in [0.2, 0.25) is 0 Å². The number of rotatable bonds is 4. The zero-order valence-electron chi connectivity index (χ0n) is 10.8. The summed E-state index contributed by atoms with van der Waals surface area (Å²) in [5.74, 6) is -0.975. The lowest BCUT2D eigenvalue weighted by molar-refractivity contribution is -0.163. The minimum absolute atomic E-state index is 0.0854. The van der Waals surface area contributed by atoms with Gasteiger partial charge in [0.05, 0.1) is 24.1 Å². The molecule has 1 aliphatic carbocycles. The number of carbonyl (C=O) groups is 2. The first-order valence-corrected chi connectivity index (χ1v) is 6.64. The van der Waals surface area contributed by atoms with Crippen molar-refractivity contribution in [1.82, 2.24) is 4.90 Å². The number of aliphatic carboxylic acids is 1. The van der Waals surface area contributed by atoms with E-state index in [2.05, 4.69) is 0 Å². The van der Waals surface area contributed by atoms with E-state index in [0.29, 0.717) is 32.4 Å². The smallest absolute Gasteiger partial charge is 0.310 e. The van der Waals surface area contributed by atoms with Crippen molar-refractivity contribution in [2.24, 2.45) is 5.41 Å². The summed E-state index contributed by atoms with van der Waals surface area (Å²) in [5, 5.41) is 19.2. The van der Waals surface area contributed by atoms with Crippen molar-refractivity contribution in [2.45, 2.75) is 51.0 Å². The highest BCUT2D eigenvalue weighted by molar-refractivity contribution is 5.85. The molecule has 0 spiro atoms. The van der Waals surface area contributed by atoms with Gasteiger partial charge >= 0.3 is 5.97 Å². The van der Waals surface area contributed by atoms with Crippen molar-refractivity contribution < 1.29 is 19.8 Å². The lowest BCUT2D eigenvalue weighted by Crippen LogP contribution is -2.63. The van der Waals surface area contributed by atoms with Gasteiger partial charge in [-0.25, -0.2) is 0 Å². The molecule has 0 radical (unpaired) electrons. The lowest BCUT2D eigenvalue weighted by atomic mass is 9.81. The van der Waals surface area contributed by atoms with Crippen molar-refractivity contribution >= 4 is 11.9 Å². The lowest BCUT2D eigenvalue weighted by Gasteiger charge is -2.46. The zero-order chi connectivity index (χ0) is 13.4. The Balaban J connectivity index is 1.93. The van der Waals surface area contributed by atoms with Gasteiger partial charge < -0.3 is 15.1 Å². The Bertz CT molecular complexity index is 354. The Labute approximate surface area is 107 Å². The molecule has 2 rings (SSSR count). The summed E-state index contributed by atoms with van der Waals surface area (Å²) < 4.78 is 0. The van der Waals surface area contributed by atoms with Crippen LogP contribution in [-0.2, 0) is 9.59 Å². The number of likely N-dealkylation sites (tertiary alicyclic amines) is 1. The zero-order valence-corrected chi connectivity index (χ0v) is 10.8. The second-order valence-corrected chi connectivity index (χ2v) is 5.80. The van der Waals surface area contributed by atoms with Gasteiger partial charge in [-0.2, -0.15) is 0 Å². The number of hydrogen-bond donors (Lipinski definition) is 2. The van der Waals surface area contributed by atoms with Gasteiger partial charge in [-0.3, -0.25) is 9.59 Å². The van der Waals surface area contributed by atoms with Crippen LogP contribution in [0.4, 0.5) is 0 Å². The average molecular weight is 255 g/mol. The Morgan fingerprint density at radius 2 is 1.78 bits per heavy atom. The fourth-order valence-corrected chi connectivity index (χ4v) is 2.98. The van der Waals surface area contributed by atoms with E-state index in [0.717, 1.165) is 12.8 Å². The van der Waals surface area contributed by atoms with E-state index in [1.54, 1.807) is 4.90 Å². The molecule has 1 saturated heterocycles. The first-order chi connectivity index (χ1) is 8.41. The van der Waals surface area contributed by atoms with Crippen molar-refractivity contribution in [3.8, 4) is 0 Å². The predicted molar refractivity (Wildman–Crippen MR) is 65.0 cm³/mol. The quantitative estimate of drug-likeness (QED) is 0.785. The van der Waals surface area contributed by atoms with Crippen LogP contribution >= 0.6 is 0 Å².